The summed E-state index contributed by atoms with van der Waals surface area (Å²) in [6.45, 7) is 4.15. The number of morpholine rings is 1. The van der Waals surface area contributed by atoms with Gasteiger partial charge in [-0.25, -0.2) is 0 Å². The summed E-state index contributed by atoms with van der Waals surface area (Å²) in [6, 6.07) is 14.9. The average molecular weight is 384 g/mol. The van der Waals surface area contributed by atoms with Crippen molar-refractivity contribution in [3.05, 3.63) is 59.7 Å². The smallest absolute Gasteiger partial charge is 0.255 e. The SMILES string of the molecule is Cl.Cl.Nc1cccc(C(=O)Nc2ccccc2CN2CCOCC2)c1. The summed E-state index contributed by atoms with van der Waals surface area (Å²) >= 11 is 0. The fourth-order valence-corrected chi connectivity index (χ4v) is 2.65. The summed E-state index contributed by atoms with van der Waals surface area (Å²) in [5.74, 6) is -0.147. The highest BCUT2D eigenvalue weighted by Gasteiger charge is 2.14. The number of carbonyl (C=O) groups is 1. The number of nitrogens with one attached hydrogen (secondary N) is 1. The molecular weight excluding hydrogens is 361 g/mol. The molecule has 0 spiro atoms. The van der Waals surface area contributed by atoms with Gasteiger partial charge in [0.05, 0.1) is 13.2 Å². The second-order valence-electron chi connectivity index (χ2n) is 5.63. The summed E-state index contributed by atoms with van der Waals surface area (Å²) in [6.07, 6.45) is 0. The molecule has 1 saturated heterocycles. The molecule has 1 aliphatic rings. The molecule has 0 radical (unpaired) electrons. The molecular formula is C18H23Cl2N3O2. The van der Waals surface area contributed by atoms with E-state index in [0.717, 1.165) is 44.1 Å². The molecule has 3 N–H and O–H groups in total. The van der Waals surface area contributed by atoms with Gasteiger partial charge >= 0.3 is 0 Å². The molecule has 25 heavy (non-hydrogen) atoms. The number of nitrogens with two attached hydrogens (primary N) is 1. The van der Waals surface area contributed by atoms with E-state index >= 15 is 0 Å². The fourth-order valence-electron chi connectivity index (χ4n) is 2.65. The normalized spacial score (nSPS) is 14.1. The van der Waals surface area contributed by atoms with Gasteiger partial charge in [0.2, 0.25) is 0 Å². The number of benzene rings is 2. The number of carbonyl (C=O) groups excluding carboxylic acids is 1. The predicted octanol–water partition coefficient (Wildman–Crippen LogP) is 3.20. The van der Waals surface area contributed by atoms with Gasteiger partial charge in [0.1, 0.15) is 0 Å². The van der Waals surface area contributed by atoms with Crippen LogP contribution in [0, 0.1) is 0 Å². The molecule has 0 bridgehead atoms. The second-order valence-corrected chi connectivity index (χ2v) is 5.63. The van der Waals surface area contributed by atoms with Crippen LogP contribution < -0.4 is 11.1 Å². The van der Waals surface area contributed by atoms with E-state index in [-0.39, 0.29) is 30.7 Å². The number of ether oxygens (including phenoxy) is 1. The number of para-hydroxylation sites is 1. The number of nitrogens with zero attached hydrogens (tertiary/aromatic N) is 1. The van der Waals surface area contributed by atoms with E-state index < -0.39 is 0 Å². The van der Waals surface area contributed by atoms with Gasteiger partial charge < -0.3 is 15.8 Å². The van der Waals surface area contributed by atoms with E-state index in [4.69, 9.17) is 10.5 Å². The highest BCUT2D eigenvalue weighted by molar-refractivity contribution is 6.05. The molecule has 0 aliphatic carbocycles. The van der Waals surface area contributed by atoms with Gasteiger partial charge in [0, 0.05) is 36.6 Å². The molecule has 2 aromatic rings. The van der Waals surface area contributed by atoms with Crippen molar-refractivity contribution in [2.45, 2.75) is 6.54 Å². The van der Waals surface area contributed by atoms with Crippen molar-refractivity contribution in [3.8, 4) is 0 Å². The van der Waals surface area contributed by atoms with Crippen LogP contribution in [0.3, 0.4) is 0 Å². The van der Waals surface area contributed by atoms with Gasteiger partial charge in [0.25, 0.3) is 5.91 Å². The van der Waals surface area contributed by atoms with Crippen LogP contribution in [0.4, 0.5) is 11.4 Å². The third kappa shape index (κ3) is 5.90. The maximum absolute atomic E-state index is 12.4. The Kier molecular flexibility index (Phi) is 8.72. The lowest BCUT2D eigenvalue weighted by Gasteiger charge is -2.27. The van der Waals surface area contributed by atoms with Crippen molar-refractivity contribution < 1.29 is 9.53 Å². The topological polar surface area (TPSA) is 67.6 Å². The van der Waals surface area contributed by atoms with Crippen LogP contribution in [0.5, 0.6) is 0 Å². The summed E-state index contributed by atoms with van der Waals surface area (Å²) < 4.78 is 5.38. The van der Waals surface area contributed by atoms with Gasteiger partial charge in [0.15, 0.2) is 0 Å². The van der Waals surface area contributed by atoms with Crippen molar-refractivity contribution in [1.82, 2.24) is 4.90 Å². The largest absolute Gasteiger partial charge is 0.399 e. The Labute approximate surface area is 160 Å². The van der Waals surface area contributed by atoms with E-state index in [2.05, 4.69) is 10.2 Å². The van der Waals surface area contributed by atoms with Gasteiger partial charge in [-0.05, 0) is 29.8 Å². The predicted molar refractivity (Wildman–Crippen MR) is 106 cm³/mol. The lowest BCUT2D eigenvalue weighted by molar-refractivity contribution is 0.0342. The first-order valence-electron chi connectivity index (χ1n) is 7.77. The molecule has 3 rings (SSSR count). The van der Waals surface area contributed by atoms with E-state index in [1.165, 1.54) is 0 Å². The summed E-state index contributed by atoms with van der Waals surface area (Å²) in [7, 11) is 0. The molecule has 0 unspecified atom stereocenters. The van der Waals surface area contributed by atoms with Crippen molar-refractivity contribution in [3.63, 3.8) is 0 Å². The Bertz CT molecular complexity index is 692. The number of amides is 1. The fraction of sp³-hybridized carbons (Fsp3) is 0.278. The molecule has 1 aliphatic heterocycles. The minimum absolute atomic E-state index is 0. The molecule has 1 fully saturated rings. The van der Waals surface area contributed by atoms with Gasteiger partial charge in [-0.15, -0.1) is 24.8 Å². The zero-order valence-electron chi connectivity index (χ0n) is 13.8. The number of anilines is 2. The van der Waals surface area contributed by atoms with Gasteiger partial charge in [-0.2, -0.15) is 0 Å². The van der Waals surface area contributed by atoms with E-state index in [1.54, 1.807) is 24.3 Å². The lowest BCUT2D eigenvalue weighted by Crippen LogP contribution is -2.35. The third-order valence-corrected chi connectivity index (χ3v) is 3.91. The molecule has 0 aromatic heterocycles. The van der Waals surface area contributed by atoms with Crippen LogP contribution >= 0.6 is 24.8 Å². The Morgan fingerprint density at radius 2 is 1.80 bits per heavy atom. The van der Waals surface area contributed by atoms with Crippen LogP contribution in [0.25, 0.3) is 0 Å². The van der Waals surface area contributed by atoms with Crippen molar-refractivity contribution in [2.75, 3.05) is 37.4 Å². The quantitative estimate of drug-likeness (QED) is 0.795. The summed E-state index contributed by atoms with van der Waals surface area (Å²) in [5, 5.41) is 2.99. The average Bonchev–Trinajstić information content (AvgIpc) is 2.57. The number of halogens is 2. The molecule has 1 heterocycles. The second kappa shape index (κ2) is 10.3. The Morgan fingerprint density at radius 1 is 1.08 bits per heavy atom. The van der Waals surface area contributed by atoms with Gasteiger partial charge in [-0.3, -0.25) is 9.69 Å². The highest BCUT2D eigenvalue weighted by Crippen LogP contribution is 2.19. The number of hydrogen-bond acceptors (Lipinski definition) is 4. The highest BCUT2D eigenvalue weighted by atomic mass is 35.5. The molecule has 0 atom stereocenters. The van der Waals surface area contributed by atoms with E-state index in [0.29, 0.717) is 11.3 Å². The van der Waals surface area contributed by atoms with Crippen molar-refractivity contribution >= 4 is 42.1 Å². The third-order valence-electron chi connectivity index (χ3n) is 3.91. The molecule has 5 nitrogen and oxygen atoms in total. The number of hydrogen-bond donors (Lipinski definition) is 2. The molecule has 7 heteroatoms. The van der Waals surface area contributed by atoms with Crippen LogP contribution in [0.2, 0.25) is 0 Å². The maximum atomic E-state index is 12.4. The summed E-state index contributed by atoms with van der Waals surface area (Å²) in [5.41, 5.74) is 8.83. The van der Waals surface area contributed by atoms with Gasteiger partial charge in [-0.1, -0.05) is 24.3 Å². The molecule has 1 amide bonds. The minimum Gasteiger partial charge on any atom is -0.399 e. The zero-order valence-corrected chi connectivity index (χ0v) is 15.4. The standard InChI is InChI=1S/C18H21N3O2.2ClH/c19-16-6-3-5-14(12-16)18(22)20-17-7-2-1-4-15(17)13-21-8-10-23-11-9-21;;/h1-7,12H,8-11,13,19H2,(H,20,22);2*1H. The van der Waals surface area contributed by atoms with E-state index in [1.807, 2.05) is 24.3 Å². The number of nitrogen functional groups attached to an aromatic ring is 1. The minimum atomic E-state index is -0.147. The maximum Gasteiger partial charge on any atom is 0.255 e. The molecule has 2 aromatic carbocycles. The first-order chi connectivity index (χ1) is 11.2. The van der Waals surface area contributed by atoms with E-state index in [9.17, 15) is 4.79 Å². The summed E-state index contributed by atoms with van der Waals surface area (Å²) in [4.78, 5) is 14.7. The Hall–Kier alpha value is -1.79. The molecule has 0 saturated carbocycles. The Morgan fingerprint density at radius 3 is 2.52 bits per heavy atom. The zero-order chi connectivity index (χ0) is 16.1. The molecule has 136 valence electrons. The van der Waals surface area contributed by atoms with Crippen LogP contribution in [0.15, 0.2) is 48.5 Å². The number of rotatable bonds is 4. The van der Waals surface area contributed by atoms with Crippen molar-refractivity contribution in [2.24, 2.45) is 0 Å². The first kappa shape index (κ1) is 21.3. The van der Waals surface area contributed by atoms with Crippen LogP contribution in [0.1, 0.15) is 15.9 Å². The monoisotopic (exact) mass is 383 g/mol. The first-order valence-corrected chi connectivity index (χ1v) is 7.77. The van der Waals surface area contributed by atoms with Crippen LogP contribution in [-0.2, 0) is 11.3 Å². The van der Waals surface area contributed by atoms with Crippen LogP contribution in [-0.4, -0.2) is 37.1 Å². The van der Waals surface area contributed by atoms with Crippen molar-refractivity contribution in [1.29, 1.82) is 0 Å². The Balaban J connectivity index is 0.00000156. The lowest BCUT2D eigenvalue weighted by atomic mass is 10.1.